The third kappa shape index (κ3) is 4.68. The number of likely N-dealkylation sites (tertiary alicyclic amines) is 2. The van der Waals surface area contributed by atoms with Gasteiger partial charge in [-0.25, -0.2) is 0 Å². The van der Waals surface area contributed by atoms with Crippen molar-refractivity contribution >= 4 is 5.91 Å². The molecular formula is C18H32N2O3. The first kappa shape index (κ1) is 17.2. The first-order valence-electron chi connectivity index (χ1n) is 9.42. The minimum Gasteiger partial charge on any atom is -0.380 e. The van der Waals surface area contributed by atoms with E-state index in [1.807, 2.05) is 4.90 Å². The second-order valence-electron chi connectivity index (χ2n) is 7.37. The zero-order valence-electron chi connectivity index (χ0n) is 14.5. The number of nitrogens with zero attached hydrogens (tertiary/aromatic N) is 2. The van der Waals surface area contributed by atoms with E-state index in [0.717, 1.165) is 32.4 Å². The fourth-order valence-electron chi connectivity index (χ4n) is 4.29. The summed E-state index contributed by atoms with van der Waals surface area (Å²) in [7, 11) is 1.75. The Morgan fingerprint density at radius 3 is 2.48 bits per heavy atom. The van der Waals surface area contributed by atoms with E-state index < -0.39 is 0 Å². The molecule has 2 heterocycles. The molecule has 5 heteroatoms. The number of hydrogen-bond donors (Lipinski definition) is 0. The molecule has 0 aromatic rings. The first-order chi connectivity index (χ1) is 11.3. The van der Waals surface area contributed by atoms with E-state index in [2.05, 4.69) is 4.90 Å². The number of carbonyl (C=O) groups is 1. The lowest BCUT2D eigenvalue weighted by molar-refractivity contribution is -0.140. The van der Waals surface area contributed by atoms with Gasteiger partial charge in [-0.05, 0) is 45.2 Å². The van der Waals surface area contributed by atoms with Crippen LogP contribution in [0.5, 0.6) is 0 Å². The molecule has 5 nitrogen and oxygen atoms in total. The Labute approximate surface area is 140 Å². The molecule has 0 radical (unpaired) electrons. The maximum Gasteiger partial charge on any atom is 0.248 e. The molecule has 1 saturated carbocycles. The van der Waals surface area contributed by atoms with Gasteiger partial charge in [-0.1, -0.05) is 19.3 Å². The summed E-state index contributed by atoms with van der Waals surface area (Å²) in [6.45, 7) is 4.32. The molecule has 3 aliphatic rings. The van der Waals surface area contributed by atoms with Crippen LogP contribution in [0.2, 0.25) is 0 Å². The van der Waals surface area contributed by atoms with Crippen LogP contribution in [0.25, 0.3) is 0 Å². The molecule has 3 rings (SSSR count). The fourth-order valence-corrected chi connectivity index (χ4v) is 4.29. The van der Waals surface area contributed by atoms with Crippen LogP contribution in [0.15, 0.2) is 0 Å². The van der Waals surface area contributed by atoms with E-state index in [1.54, 1.807) is 7.11 Å². The third-order valence-corrected chi connectivity index (χ3v) is 5.69. The average molecular weight is 324 g/mol. The largest absolute Gasteiger partial charge is 0.380 e. The molecule has 2 saturated heterocycles. The van der Waals surface area contributed by atoms with E-state index in [1.165, 1.54) is 45.2 Å². The van der Waals surface area contributed by atoms with Crippen molar-refractivity contribution in [2.24, 2.45) is 0 Å². The van der Waals surface area contributed by atoms with Crippen molar-refractivity contribution in [2.75, 3.05) is 39.9 Å². The Morgan fingerprint density at radius 1 is 1.04 bits per heavy atom. The lowest BCUT2D eigenvalue weighted by Crippen LogP contribution is -2.44. The van der Waals surface area contributed by atoms with Gasteiger partial charge in [0, 0.05) is 26.2 Å². The van der Waals surface area contributed by atoms with Gasteiger partial charge in [-0.15, -0.1) is 0 Å². The van der Waals surface area contributed by atoms with Crippen molar-refractivity contribution in [3.05, 3.63) is 0 Å². The predicted octanol–water partition coefficient (Wildman–Crippen LogP) is 2.05. The molecule has 1 aliphatic carbocycles. The quantitative estimate of drug-likeness (QED) is 0.750. The topological polar surface area (TPSA) is 42.0 Å². The van der Waals surface area contributed by atoms with Crippen LogP contribution in [0, 0.1) is 0 Å². The molecule has 132 valence electrons. The van der Waals surface area contributed by atoms with Crippen molar-refractivity contribution in [3.8, 4) is 0 Å². The molecular weight excluding hydrogens is 292 g/mol. The SMILES string of the molecule is CO[C@H]1C[C@@H](CN2CCCC2)N(C(=O)COC2CCCCC2)C1. The molecule has 0 spiro atoms. The van der Waals surface area contributed by atoms with E-state index in [4.69, 9.17) is 9.47 Å². The predicted molar refractivity (Wildman–Crippen MR) is 89.4 cm³/mol. The number of ether oxygens (including phenoxy) is 2. The lowest BCUT2D eigenvalue weighted by Gasteiger charge is -2.29. The first-order valence-corrected chi connectivity index (χ1v) is 9.42. The number of amides is 1. The van der Waals surface area contributed by atoms with Gasteiger partial charge in [0.05, 0.1) is 12.2 Å². The average Bonchev–Trinajstić information content (AvgIpc) is 3.23. The van der Waals surface area contributed by atoms with Crippen LogP contribution >= 0.6 is 0 Å². The van der Waals surface area contributed by atoms with Crippen molar-refractivity contribution in [3.63, 3.8) is 0 Å². The number of carbonyl (C=O) groups excluding carboxylic acids is 1. The van der Waals surface area contributed by atoms with Gasteiger partial charge in [0.2, 0.25) is 5.91 Å². The van der Waals surface area contributed by atoms with E-state index in [-0.39, 0.29) is 18.6 Å². The normalized spacial score (nSPS) is 30.2. The molecule has 2 atom stereocenters. The molecule has 0 aromatic carbocycles. The van der Waals surface area contributed by atoms with Crippen LogP contribution in [-0.2, 0) is 14.3 Å². The Bertz CT molecular complexity index is 378. The van der Waals surface area contributed by atoms with Gasteiger partial charge in [-0.2, -0.15) is 0 Å². The Kier molecular flexibility index (Phi) is 6.31. The van der Waals surface area contributed by atoms with Gasteiger partial charge in [0.15, 0.2) is 0 Å². The molecule has 0 N–H and O–H groups in total. The van der Waals surface area contributed by atoms with Crippen LogP contribution in [-0.4, -0.2) is 73.9 Å². The zero-order valence-corrected chi connectivity index (χ0v) is 14.5. The van der Waals surface area contributed by atoms with E-state index >= 15 is 0 Å². The molecule has 0 bridgehead atoms. The molecule has 3 fully saturated rings. The van der Waals surface area contributed by atoms with Crippen LogP contribution in [0.3, 0.4) is 0 Å². The van der Waals surface area contributed by atoms with Crippen molar-refractivity contribution in [1.29, 1.82) is 0 Å². The highest BCUT2D eigenvalue weighted by molar-refractivity contribution is 5.78. The molecule has 23 heavy (non-hydrogen) atoms. The summed E-state index contributed by atoms with van der Waals surface area (Å²) in [5, 5.41) is 0. The summed E-state index contributed by atoms with van der Waals surface area (Å²) in [5.41, 5.74) is 0. The lowest BCUT2D eigenvalue weighted by atomic mass is 9.98. The Morgan fingerprint density at radius 2 is 1.78 bits per heavy atom. The summed E-state index contributed by atoms with van der Waals surface area (Å²) in [5.74, 6) is 0.152. The molecule has 1 amide bonds. The number of methoxy groups -OCH3 is 1. The second kappa shape index (κ2) is 8.45. The van der Waals surface area contributed by atoms with Crippen LogP contribution < -0.4 is 0 Å². The molecule has 0 aromatic heterocycles. The van der Waals surface area contributed by atoms with Crippen molar-refractivity contribution < 1.29 is 14.3 Å². The second-order valence-corrected chi connectivity index (χ2v) is 7.37. The minimum absolute atomic E-state index is 0.152. The monoisotopic (exact) mass is 324 g/mol. The number of rotatable bonds is 6. The highest BCUT2D eigenvalue weighted by Crippen LogP contribution is 2.24. The van der Waals surface area contributed by atoms with Crippen LogP contribution in [0.4, 0.5) is 0 Å². The molecule has 2 aliphatic heterocycles. The van der Waals surface area contributed by atoms with Crippen molar-refractivity contribution in [1.82, 2.24) is 9.80 Å². The Balaban J connectivity index is 1.50. The maximum absolute atomic E-state index is 12.7. The number of hydrogen-bond acceptors (Lipinski definition) is 4. The van der Waals surface area contributed by atoms with Crippen LogP contribution in [0.1, 0.15) is 51.4 Å². The summed E-state index contributed by atoms with van der Waals surface area (Å²) < 4.78 is 11.4. The van der Waals surface area contributed by atoms with E-state index in [0.29, 0.717) is 12.1 Å². The summed E-state index contributed by atoms with van der Waals surface area (Å²) in [4.78, 5) is 17.2. The third-order valence-electron chi connectivity index (χ3n) is 5.69. The van der Waals surface area contributed by atoms with Crippen molar-refractivity contribution in [2.45, 2.75) is 69.6 Å². The molecule has 0 unspecified atom stereocenters. The van der Waals surface area contributed by atoms with Gasteiger partial charge in [0.25, 0.3) is 0 Å². The summed E-state index contributed by atoms with van der Waals surface area (Å²) >= 11 is 0. The van der Waals surface area contributed by atoms with Gasteiger partial charge >= 0.3 is 0 Å². The fraction of sp³-hybridized carbons (Fsp3) is 0.944. The summed E-state index contributed by atoms with van der Waals surface area (Å²) in [6, 6.07) is 0.292. The van der Waals surface area contributed by atoms with Gasteiger partial charge in [-0.3, -0.25) is 4.79 Å². The van der Waals surface area contributed by atoms with Gasteiger partial charge in [0.1, 0.15) is 6.61 Å². The van der Waals surface area contributed by atoms with E-state index in [9.17, 15) is 4.79 Å². The smallest absolute Gasteiger partial charge is 0.248 e. The Hall–Kier alpha value is -0.650. The van der Waals surface area contributed by atoms with Gasteiger partial charge < -0.3 is 19.3 Å². The maximum atomic E-state index is 12.7. The minimum atomic E-state index is 0.152. The highest BCUT2D eigenvalue weighted by Gasteiger charge is 2.36. The highest BCUT2D eigenvalue weighted by atomic mass is 16.5. The zero-order chi connectivity index (χ0) is 16.1. The standard InChI is InChI=1S/C18H32N2O3/c1-22-17-11-15(12-19-9-5-6-10-19)20(13-17)18(21)14-23-16-7-3-2-4-8-16/h15-17H,2-14H2,1H3/t15-,17-/m0/s1. The summed E-state index contributed by atoms with van der Waals surface area (Å²) in [6.07, 6.45) is 10.0.